The van der Waals surface area contributed by atoms with Crippen LogP contribution in [-0.4, -0.2) is 49.3 Å². The van der Waals surface area contributed by atoms with Crippen molar-refractivity contribution in [3.05, 3.63) is 51.9 Å². The molecule has 1 aliphatic heterocycles. The van der Waals surface area contributed by atoms with Gasteiger partial charge in [0.05, 0.1) is 5.69 Å². The van der Waals surface area contributed by atoms with Crippen molar-refractivity contribution in [3.8, 4) is 0 Å². The van der Waals surface area contributed by atoms with Gasteiger partial charge in [-0.3, -0.25) is 9.59 Å². The molecular formula is C18H20BrClFN3O2. The molecule has 2 amide bonds. The van der Waals surface area contributed by atoms with Gasteiger partial charge in [0.1, 0.15) is 16.9 Å². The Morgan fingerprint density at radius 3 is 2.58 bits per heavy atom. The Balaban J connectivity index is 2.41. The number of benzene rings is 1. The number of nitrogens with one attached hydrogen (secondary N) is 1. The number of allylic oxidation sites excluding steroid dienone is 1. The molecule has 0 unspecified atom stereocenters. The van der Waals surface area contributed by atoms with Crippen LogP contribution in [0.1, 0.15) is 0 Å². The molecule has 1 aliphatic rings. The van der Waals surface area contributed by atoms with E-state index in [-0.39, 0.29) is 11.6 Å². The van der Waals surface area contributed by atoms with E-state index in [4.69, 9.17) is 11.6 Å². The first-order valence-corrected chi connectivity index (χ1v) is 9.04. The molecular weight excluding hydrogens is 425 g/mol. The molecule has 2 rings (SSSR count). The summed E-state index contributed by atoms with van der Waals surface area (Å²) in [6, 6.07) is 5.81. The molecule has 5 nitrogen and oxygen atoms in total. The van der Waals surface area contributed by atoms with Gasteiger partial charge in [-0.2, -0.15) is 0 Å². The van der Waals surface area contributed by atoms with Crippen molar-refractivity contribution in [1.82, 2.24) is 9.80 Å². The van der Waals surface area contributed by atoms with E-state index in [0.717, 1.165) is 0 Å². The number of hydrogen-bond acceptors (Lipinski definition) is 3. The highest BCUT2D eigenvalue weighted by atomic mass is 79.9. The van der Waals surface area contributed by atoms with Crippen LogP contribution in [0.25, 0.3) is 0 Å². The summed E-state index contributed by atoms with van der Waals surface area (Å²) in [6.45, 7) is 4.18. The van der Waals surface area contributed by atoms with E-state index in [1.54, 1.807) is 32.1 Å². The van der Waals surface area contributed by atoms with E-state index in [1.807, 2.05) is 0 Å². The van der Waals surface area contributed by atoms with Crippen LogP contribution >= 0.6 is 27.5 Å². The first-order valence-electron chi connectivity index (χ1n) is 7.87. The lowest BCUT2D eigenvalue weighted by Crippen LogP contribution is -2.34. The van der Waals surface area contributed by atoms with Gasteiger partial charge in [0.15, 0.2) is 0 Å². The fraction of sp³-hybridized carbons (Fsp3) is 0.333. The lowest BCUT2D eigenvalue weighted by molar-refractivity contribution is -0.135. The molecule has 0 saturated carbocycles. The number of halogens is 3. The third kappa shape index (κ3) is 4.10. The molecule has 1 N–H and O–H groups in total. The first-order chi connectivity index (χ1) is 12.1. The van der Waals surface area contributed by atoms with Crippen molar-refractivity contribution < 1.29 is 14.0 Å². The van der Waals surface area contributed by atoms with E-state index < -0.39 is 23.6 Å². The summed E-state index contributed by atoms with van der Waals surface area (Å²) >= 11 is 9.73. The number of rotatable bonds is 5. The van der Waals surface area contributed by atoms with Crippen molar-refractivity contribution in [2.24, 2.45) is 11.8 Å². The number of anilines is 1. The lowest BCUT2D eigenvalue weighted by Gasteiger charge is -2.23. The SMILES string of the molecule is C=C(Br)/C(=C(/Cl)N(C)C)[C@H]1CN(C)C(=O)[C@@H]1C(=O)Nc1ccccc1F. The Morgan fingerprint density at radius 2 is 2.04 bits per heavy atom. The highest BCUT2D eigenvalue weighted by Gasteiger charge is 2.46. The number of nitrogens with zero attached hydrogens (tertiary/aromatic N) is 2. The summed E-state index contributed by atoms with van der Waals surface area (Å²) in [4.78, 5) is 28.5. The van der Waals surface area contributed by atoms with Crippen LogP contribution in [0.4, 0.5) is 10.1 Å². The molecule has 140 valence electrons. The molecule has 26 heavy (non-hydrogen) atoms. The predicted molar refractivity (Wildman–Crippen MR) is 104 cm³/mol. The second kappa shape index (κ2) is 8.22. The van der Waals surface area contributed by atoms with Gasteiger partial charge in [0.25, 0.3) is 0 Å². The number of carbonyl (C=O) groups excluding carboxylic acids is 2. The van der Waals surface area contributed by atoms with Crippen molar-refractivity contribution >= 4 is 45.0 Å². The van der Waals surface area contributed by atoms with Crippen LogP contribution in [0, 0.1) is 17.7 Å². The molecule has 0 radical (unpaired) electrons. The Hall–Kier alpha value is -1.86. The normalized spacial score (nSPS) is 20.7. The average molecular weight is 445 g/mol. The van der Waals surface area contributed by atoms with E-state index in [2.05, 4.69) is 27.8 Å². The molecule has 2 atom stereocenters. The molecule has 0 spiro atoms. The van der Waals surface area contributed by atoms with E-state index in [0.29, 0.717) is 21.8 Å². The predicted octanol–water partition coefficient (Wildman–Crippen LogP) is 3.39. The van der Waals surface area contributed by atoms with Gasteiger partial charge in [-0.15, -0.1) is 0 Å². The number of hydrogen-bond donors (Lipinski definition) is 1. The molecule has 1 heterocycles. The molecule has 1 saturated heterocycles. The minimum absolute atomic E-state index is 0.0282. The molecule has 1 aromatic rings. The zero-order valence-electron chi connectivity index (χ0n) is 14.7. The van der Waals surface area contributed by atoms with Crippen LogP contribution in [-0.2, 0) is 9.59 Å². The molecule has 8 heteroatoms. The van der Waals surface area contributed by atoms with Crippen LogP contribution < -0.4 is 5.32 Å². The minimum atomic E-state index is -1.03. The topological polar surface area (TPSA) is 52.7 Å². The standard InChI is InChI=1S/C18H20BrClFN3O2/c1-10(19)14(16(20)23(2)3)11-9-24(4)18(26)15(11)17(25)22-13-8-6-5-7-12(13)21/h5-8,11,15H,1,9H2,2-4H3,(H,22,25)/b16-14+/t11-,15+/m1/s1. The lowest BCUT2D eigenvalue weighted by atomic mass is 9.87. The Bertz CT molecular complexity index is 781. The largest absolute Gasteiger partial charge is 0.368 e. The highest BCUT2D eigenvalue weighted by molar-refractivity contribution is 9.11. The minimum Gasteiger partial charge on any atom is -0.368 e. The van der Waals surface area contributed by atoms with Gasteiger partial charge in [0.2, 0.25) is 11.8 Å². The summed E-state index contributed by atoms with van der Waals surface area (Å²) in [6.07, 6.45) is 0. The van der Waals surface area contributed by atoms with Crippen LogP contribution in [0.15, 0.2) is 46.1 Å². The van der Waals surface area contributed by atoms with Crippen LogP contribution in [0.5, 0.6) is 0 Å². The van der Waals surface area contributed by atoms with Gasteiger partial charge < -0.3 is 15.1 Å². The molecule has 0 aromatic heterocycles. The van der Waals surface area contributed by atoms with Gasteiger partial charge in [-0.25, -0.2) is 4.39 Å². The maximum Gasteiger partial charge on any atom is 0.237 e. The number of amides is 2. The summed E-state index contributed by atoms with van der Waals surface area (Å²) in [5.74, 6) is -3.04. The molecule has 1 aromatic carbocycles. The van der Waals surface area contributed by atoms with Gasteiger partial charge in [0, 0.05) is 43.7 Å². The first kappa shape index (κ1) is 20.5. The van der Waals surface area contributed by atoms with E-state index >= 15 is 0 Å². The third-order valence-corrected chi connectivity index (χ3v) is 5.18. The smallest absolute Gasteiger partial charge is 0.237 e. The molecule has 0 aliphatic carbocycles. The number of carbonyl (C=O) groups is 2. The maximum atomic E-state index is 13.9. The van der Waals surface area contributed by atoms with Crippen molar-refractivity contribution in [2.75, 3.05) is 33.0 Å². The van der Waals surface area contributed by atoms with E-state index in [1.165, 1.54) is 23.1 Å². The molecule has 0 bridgehead atoms. The summed E-state index contributed by atoms with van der Waals surface area (Å²) in [5, 5.41) is 2.89. The zero-order valence-corrected chi connectivity index (χ0v) is 17.1. The van der Waals surface area contributed by atoms with Crippen molar-refractivity contribution in [1.29, 1.82) is 0 Å². The second-order valence-corrected chi connectivity index (χ2v) is 7.59. The van der Waals surface area contributed by atoms with Gasteiger partial charge in [-0.1, -0.05) is 46.2 Å². The Labute approximate surface area is 165 Å². The van der Waals surface area contributed by atoms with E-state index in [9.17, 15) is 14.0 Å². The summed E-state index contributed by atoms with van der Waals surface area (Å²) < 4.78 is 14.4. The monoisotopic (exact) mass is 443 g/mol. The van der Waals surface area contributed by atoms with Gasteiger partial charge >= 0.3 is 0 Å². The quantitative estimate of drug-likeness (QED) is 0.430. The van der Waals surface area contributed by atoms with Crippen LogP contribution in [0.2, 0.25) is 0 Å². The van der Waals surface area contributed by atoms with Crippen LogP contribution in [0.3, 0.4) is 0 Å². The fourth-order valence-electron chi connectivity index (χ4n) is 2.93. The fourth-order valence-corrected chi connectivity index (χ4v) is 3.78. The highest BCUT2D eigenvalue weighted by Crippen LogP contribution is 2.39. The Kier molecular flexibility index (Phi) is 6.47. The summed E-state index contributed by atoms with van der Waals surface area (Å²) in [7, 11) is 5.13. The zero-order chi connectivity index (χ0) is 19.6. The third-order valence-electron chi connectivity index (χ3n) is 4.21. The van der Waals surface area contributed by atoms with Crippen molar-refractivity contribution in [3.63, 3.8) is 0 Å². The number of para-hydroxylation sites is 1. The average Bonchev–Trinajstić information content (AvgIpc) is 2.84. The second-order valence-electron chi connectivity index (χ2n) is 6.28. The maximum absolute atomic E-state index is 13.9. The van der Waals surface area contributed by atoms with Crippen molar-refractivity contribution in [2.45, 2.75) is 0 Å². The summed E-state index contributed by atoms with van der Waals surface area (Å²) in [5.41, 5.74) is 0.601. The Morgan fingerprint density at radius 1 is 1.42 bits per heavy atom. The number of likely N-dealkylation sites (tertiary alicyclic amines) is 1. The molecule has 1 fully saturated rings. The van der Waals surface area contributed by atoms with Gasteiger partial charge in [-0.05, 0) is 12.1 Å².